The van der Waals surface area contributed by atoms with Crippen molar-refractivity contribution in [3.05, 3.63) is 35.4 Å². The lowest BCUT2D eigenvalue weighted by atomic mass is 10.1. The average Bonchev–Trinajstić information content (AvgIpc) is 3.47. The van der Waals surface area contributed by atoms with Gasteiger partial charge < -0.3 is 10.2 Å². The van der Waals surface area contributed by atoms with Crippen LogP contribution in [0.5, 0.6) is 0 Å². The van der Waals surface area contributed by atoms with Crippen molar-refractivity contribution >= 4 is 11.9 Å². The first kappa shape index (κ1) is 19.2. The minimum absolute atomic E-state index is 0.0708. The van der Waals surface area contributed by atoms with Crippen LogP contribution in [-0.2, 0) is 17.9 Å². The first-order valence-electron chi connectivity index (χ1n) is 10.8. The predicted molar refractivity (Wildman–Crippen MR) is 108 cm³/mol. The van der Waals surface area contributed by atoms with E-state index in [9.17, 15) is 9.59 Å². The van der Waals surface area contributed by atoms with Gasteiger partial charge in [0.05, 0.1) is 6.67 Å². The van der Waals surface area contributed by atoms with Gasteiger partial charge in [0.15, 0.2) is 0 Å². The Bertz CT molecular complexity index is 696. The van der Waals surface area contributed by atoms with E-state index in [1.165, 1.54) is 57.2 Å². The number of hydrogen-bond donors (Lipinski definition) is 1. The Hall–Kier alpha value is -2.08. The summed E-state index contributed by atoms with van der Waals surface area (Å²) >= 11 is 0. The maximum absolute atomic E-state index is 12.5. The van der Waals surface area contributed by atoms with Gasteiger partial charge in [-0.05, 0) is 55.8 Å². The summed E-state index contributed by atoms with van der Waals surface area (Å²) in [5, 5.41) is 2.99. The van der Waals surface area contributed by atoms with E-state index in [0.717, 1.165) is 18.7 Å². The number of rotatable bonds is 6. The minimum atomic E-state index is -0.149. The van der Waals surface area contributed by atoms with Crippen LogP contribution in [0.15, 0.2) is 24.3 Å². The molecule has 0 aromatic heterocycles. The van der Waals surface area contributed by atoms with E-state index in [1.54, 1.807) is 4.90 Å². The van der Waals surface area contributed by atoms with Gasteiger partial charge in [0, 0.05) is 19.6 Å². The third-order valence-electron chi connectivity index (χ3n) is 6.02. The van der Waals surface area contributed by atoms with Crippen LogP contribution in [0.25, 0.3) is 0 Å². The zero-order valence-corrected chi connectivity index (χ0v) is 16.7. The molecule has 6 heteroatoms. The molecule has 1 aliphatic carbocycles. The molecule has 0 bridgehead atoms. The van der Waals surface area contributed by atoms with Gasteiger partial charge in [0.25, 0.3) is 0 Å². The second-order valence-corrected chi connectivity index (χ2v) is 8.57. The summed E-state index contributed by atoms with van der Waals surface area (Å²) < 4.78 is 0. The summed E-state index contributed by atoms with van der Waals surface area (Å²) in [6.07, 6.45) is 7.71. The highest BCUT2D eigenvalue weighted by atomic mass is 16.2. The number of hydrogen-bond acceptors (Lipinski definition) is 3. The maximum atomic E-state index is 12.5. The Kier molecular flexibility index (Phi) is 6.15. The first-order chi connectivity index (χ1) is 13.7. The molecule has 28 heavy (non-hydrogen) atoms. The van der Waals surface area contributed by atoms with Crippen molar-refractivity contribution in [3.63, 3.8) is 0 Å². The smallest absolute Gasteiger partial charge is 0.319 e. The molecule has 152 valence electrons. The molecule has 3 amide bonds. The molecule has 6 nitrogen and oxygen atoms in total. The van der Waals surface area contributed by atoms with Crippen molar-refractivity contribution in [2.24, 2.45) is 5.92 Å². The van der Waals surface area contributed by atoms with Gasteiger partial charge in [0.1, 0.15) is 6.54 Å². The Labute approximate surface area is 167 Å². The Balaban J connectivity index is 1.26. The van der Waals surface area contributed by atoms with E-state index in [4.69, 9.17) is 0 Å². The maximum Gasteiger partial charge on any atom is 0.319 e. The molecule has 2 aliphatic heterocycles. The fourth-order valence-corrected chi connectivity index (χ4v) is 4.19. The van der Waals surface area contributed by atoms with Gasteiger partial charge in [0.2, 0.25) is 5.91 Å². The van der Waals surface area contributed by atoms with Crippen LogP contribution in [-0.4, -0.2) is 59.5 Å². The first-order valence-corrected chi connectivity index (χ1v) is 10.8. The van der Waals surface area contributed by atoms with E-state index >= 15 is 0 Å². The predicted octanol–water partition coefficient (Wildman–Crippen LogP) is 2.78. The highest BCUT2D eigenvalue weighted by Crippen LogP contribution is 2.30. The molecule has 1 saturated carbocycles. The molecule has 3 fully saturated rings. The molecule has 1 aromatic rings. The van der Waals surface area contributed by atoms with Crippen molar-refractivity contribution < 1.29 is 9.59 Å². The van der Waals surface area contributed by atoms with E-state index in [2.05, 4.69) is 34.5 Å². The summed E-state index contributed by atoms with van der Waals surface area (Å²) in [7, 11) is 0. The molecule has 0 unspecified atom stereocenters. The van der Waals surface area contributed by atoms with Crippen LogP contribution in [0.2, 0.25) is 0 Å². The minimum Gasteiger partial charge on any atom is -0.334 e. The third-order valence-corrected chi connectivity index (χ3v) is 6.02. The number of amides is 3. The monoisotopic (exact) mass is 384 g/mol. The Morgan fingerprint density at radius 3 is 2.57 bits per heavy atom. The van der Waals surface area contributed by atoms with Crippen molar-refractivity contribution in [1.29, 1.82) is 0 Å². The second-order valence-electron chi connectivity index (χ2n) is 8.57. The van der Waals surface area contributed by atoms with Gasteiger partial charge in [-0.1, -0.05) is 37.1 Å². The zero-order chi connectivity index (χ0) is 19.3. The second kappa shape index (κ2) is 8.95. The number of likely N-dealkylation sites (tertiary alicyclic amines) is 1. The number of carbonyl (C=O) groups is 2. The highest BCUT2D eigenvalue weighted by Gasteiger charge is 2.34. The van der Waals surface area contributed by atoms with E-state index < -0.39 is 0 Å². The molecular formula is C22H32N4O2. The van der Waals surface area contributed by atoms with Crippen LogP contribution in [0.1, 0.15) is 49.7 Å². The number of benzene rings is 1. The van der Waals surface area contributed by atoms with Crippen molar-refractivity contribution in [1.82, 2.24) is 20.0 Å². The molecule has 1 N–H and O–H groups in total. The molecule has 2 saturated heterocycles. The van der Waals surface area contributed by atoms with Gasteiger partial charge >= 0.3 is 6.03 Å². The molecule has 0 radical (unpaired) electrons. The standard InChI is InChI=1S/C22H32N4O2/c27-21-16-26(17-25(21)15-18-8-9-18)22(28)23-13-19-6-5-7-20(12-19)14-24-10-3-1-2-4-11-24/h5-7,12,18H,1-4,8-11,13-17H2,(H,23,28). The fourth-order valence-electron chi connectivity index (χ4n) is 4.19. The summed E-state index contributed by atoms with van der Waals surface area (Å²) in [5.74, 6) is 0.723. The van der Waals surface area contributed by atoms with E-state index in [-0.39, 0.29) is 18.5 Å². The number of carbonyl (C=O) groups excluding carboxylic acids is 2. The van der Waals surface area contributed by atoms with E-state index in [1.807, 2.05) is 4.90 Å². The summed E-state index contributed by atoms with van der Waals surface area (Å²) in [6, 6.07) is 8.35. The SMILES string of the molecule is O=C1CN(C(=O)NCc2cccc(CN3CCCCCC3)c2)CN1CC1CC1. The van der Waals surface area contributed by atoms with Crippen LogP contribution in [0.3, 0.4) is 0 Å². The van der Waals surface area contributed by atoms with Crippen LogP contribution in [0, 0.1) is 5.92 Å². The van der Waals surface area contributed by atoms with Gasteiger partial charge in [-0.25, -0.2) is 4.79 Å². The van der Waals surface area contributed by atoms with Gasteiger partial charge in [-0.2, -0.15) is 0 Å². The van der Waals surface area contributed by atoms with Gasteiger partial charge in [-0.15, -0.1) is 0 Å². The Morgan fingerprint density at radius 2 is 1.82 bits per heavy atom. The molecular weight excluding hydrogens is 352 g/mol. The summed E-state index contributed by atoms with van der Waals surface area (Å²) in [4.78, 5) is 30.5. The molecule has 0 atom stereocenters. The topological polar surface area (TPSA) is 55.9 Å². The lowest BCUT2D eigenvalue weighted by Crippen LogP contribution is -2.39. The number of nitrogens with one attached hydrogen (secondary N) is 1. The summed E-state index contributed by atoms with van der Waals surface area (Å²) in [6.45, 7) is 5.28. The van der Waals surface area contributed by atoms with Gasteiger partial charge in [-0.3, -0.25) is 14.6 Å². The van der Waals surface area contributed by atoms with E-state index in [0.29, 0.717) is 19.1 Å². The lowest BCUT2D eigenvalue weighted by Gasteiger charge is -2.20. The highest BCUT2D eigenvalue weighted by molar-refractivity contribution is 5.87. The van der Waals surface area contributed by atoms with Crippen LogP contribution < -0.4 is 5.32 Å². The zero-order valence-electron chi connectivity index (χ0n) is 16.7. The van der Waals surface area contributed by atoms with Crippen molar-refractivity contribution in [3.8, 4) is 0 Å². The van der Waals surface area contributed by atoms with Crippen LogP contribution >= 0.6 is 0 Å². The third kappa shape index (κ3) is 5.25. The Morgan fingerprint density at radius 1 is 1.07 bits per heavy atom. The average molecular weight is 385 g/mol. The fraction of sp³-hybridized carbons (Fsp3) is 0.636. The molecule has 0 spiro atoms. The van der Waals surface area contributed by atoms with Crippen molar-refractivity contribution in [2.45, 2.75) is 51.6 Å². The summed E-state index contributed by atoms with van der Waals surface area (Å²) in [5.41, 5.74) is 2.42. The van der Waals surface area contributed by atoms with Crippen molar-refractivity contribution in [2.75, 3.05) is 32.8 Å². The molecule has 3 aliphatic rings. The number of nitrogens with zero attached hydrogens (tertiary/aromatic N) is 3. The number of urea groups is 1. The van der Waals surface area contributed by atoms with Crippen LogP contribution in [0.4, 0.5) is 4.79 Å². The molecule has 2 heterocycles. The lowest BCUT2D eigenvalue weighted by molar-refractivity contribution is -0.126. The normalized spacial score (nSPS) is 21.1. The molecule has 1 aromatic carbocycles. The largest absolute Gasteiger partial charge is 0.334 e. The quantitative estimate of drug-likeness (QED) is 0.821. The molecule has 4 rings (SSSR count).